The maximum atomic E-state index is 10.6. The van der Waals surface area contributed by atoms with Crippen molar-refractivity contribution >= 4 is 18.6 Å². The number of thiol groups is 1. The van der Waals surface area contributed by atoms with E-state index in [-0.39, 0.29) is 5.41 Å². The molecule has 0 aliphatic heterocycles. The number of carbonyl (C=O) groups is 1. The first-order chi connectivity index (χ1) is 18.6. The van der Waals surface area contributed by atoms with Crippen LogP contribution in [0.3, 0.4) is 0 Å². The summed E-state index contributed by atoms with van der Waals surface area (Å²) in [5.41, 5.74) is 5.59. The Morgan fingerprint density at radius 1 is 0.632 bits per heavy atom. The molecule has 0 fully saturated rings. The number of aliphatic carboxylic acids is 1. The summed E-state index contributed by atoms with van der Waals surface area (Å²) in [7, 11) is 0. The molecule has 0 aromatic heterocycles. The zero-order valence-corrected chi connectivity index (χ0v) is 24.0. The van der Waals surface area contributed by atoms with E-state index in [2.05, 4.69) is 104 Å². The number of unbranched alkanes of at least 4 members (excludes halogenated alkanes) is 11. The van der Waals surface area contributed by atoms with Crippen molar-refractivity contribution in [3.05, 3.63) is 107 Å². The van der Waals surface area contributed by atoms with Gasteiger partial charge in [0.15, 0.2) is 0 Å². The Bertz CT molecular complexity index is 999. The second kappa shape index (κ2) is 16.4. The zero-order chi connectivity index (χ0) is 27.1. The molecule has 1 unspecified atom stereocenters. The van der Waals surface area contributed by atoms with Gasteiger partial charge in [0.05, 0.1) is 10.7 Å². The standard InChI is InChI=1S/C19H14.C16H32O2S/c1-3-9-15(10-4-1)19(16-11-5-2-6-12-16)17-13-7-8-14-18(17)19;1-2-3-4-5-6-7-8-9-10-11-12-13-14-15(19)16(17)18/h1-14H;15,19H,2-14H2,1H3,(H,17,18). The van der Waals surface area contributed by atoms with E-state index in [0.29, 0.717) is 6.42 Å². The van der Waals surface area contributed by atoms with E-state index in [4.69, 9.17) is 5.11 Å². The van der Waals surface area contributed by atoms with Crippen LogP contribution in [0, 0.1) is 0 Å². The summed E-state index contributed by atoms with van der Waals surface area (Å²) in [6, 6.07) is 30.3. The van der Waals surface area contributed by atoms with Crippen molar-refractivity contribution in [2.75, 3.05) is 0 Å². The summed E-state index contributed by atoms with van der Waals surface area (Å²) in [5.74, 6) is -0.786. The van der Waals surface area contributed by atoms with E-state index in [9.17, 15) is 4.79 Å². The minimum absolute atomic E-state index is 0.00792. The molecule has 0 radical (unpaired) electrons. The lowest BCUT2D eigenvalue weighted by Crippen LogP contribution is -2.12. The monoisotopic (exact) mass is 530 g/mol. The molecule has 2 nitrogen and oxygen atoms in total. The molecule has 0 amide bonds. The van der Waals surface area contributed by atoms with E-state index < -0.39 is 11.2 Å². The van der Waals surface area contributed by atoms with Crippen molar-refractivity contribution in [2.45, 2.75) is 101 Å². The molecule has 204 valence electrons. The smallest absolute Gasteiger partial charge is 0.316 e. The van der Waals surface area contributed by atoms with Gasteiger partial charge in [-0.1, -0.05) is 169 Å². The Balaban J connectivity index is 0.000000211. The summed E-state index contributed by atoms with van der Waals surface area (Å²) in [6.07, 6.45) is 16.5. The first-order valence-corrected chi connectivity index (χ1v) is 15.3. The SMILES string of the molecule is CCCCCCCCCCCCCCC(S)C(=O)O.c1ccc(C2(c3ccccc3)c3ccccc32)cc1. The number of carboxylic acid groups (broad SMARTS) is 1. The van der Waals surface area contributed by atoms with E-state index in [0.717, 1.165) is 12.8 Å². The lowest BCUT2D eigenvalue weighted by molar-refractivity contribution is -0.136. The Hall–Kier alpha value is -2.52. The van der Waals surface area contributed by atoms with Gasteiger partial charge in [-0.15, -0.1) is 0 Å². The highest BCUT2D eigenvalue weighted by molar-refractivity contribution is 7.81. The molecule has 38 heavy (non-hydrogen) atoms. The van der Waals surface area contributed by atoms with Gasteiger partial charge in [-0.3, -0.25) is 4.79 Å². The lowest BCUT2D eigenvalue weighted by Gasteiger charge is -2.17. The van der Waals surface area contributed by atoms with Crippen LogP contribution in [0.15, 0.2) is 84.9 Å². The maximum Gasteiger partial charge on any atom is 0.316 e. The van der Waals surface area contributed by atoms with Crippen LogP contribution in [0.25, 0.3) is 0 Å². The average molecular weight is 531 g/mol. The molecule has 3 heteroatoms. The molecule has 3 aromatic rings. The molecule has 1 N–H and O–H groups in total. The molecule has 0 saturated carbocycles. The highest BCUT2D eigenvalue weighted by Gasteiger charge is 2.52. The van der Waals surface area contributed by atoms with Gasteiger partial charge in [-0.2, -0.15) is 12.6 Å². The molecule has 4 rings (SSSR count). The molecule has 0 heterocycles. The van der Waals surface area contributed by atoms with Crippen molar-refractivity contribution in [3.8, 4) is 0 Å². The largest absolute Gasteiger partial charge is 0.480 e. The normalized spacial score (nSPS) is 13.6. The summed E-state index contributed by atoms with van der Waals surface area (Å²) in [4.78, 5) is 10.6. The summed E-state index contributed by atoms with van der Waals surface area (Å²) < 4.78 is 0. The van der Waals surface area contributed by atoms with Gasteiger partial charge in [0, 0.05) is 0 Å². The third-order valence-corrected chi connectivity index (χ3v) is 8.18. The predicted molar refractivity (Wildman–Crippen MR) is 164 cm³/mol. The first kappa shape index (κ1) is 30.0. The lowest BCUT2D eigenvalue weighted by atomic mass is 9.84. The second-order valence-electron chi connectivity index (χ2n) is 10.6. The average Bonchev–Trinajstić information content (AvgIpc) is 3.64. The molecular weight excluding hydrogens is 484 g/mol. The number of rotatable bonds is 16. The third-order valence-electron chi connectivity index (χ3n) is 7.70. The number of hydrogen-bond acceptors (Lipinski definition) is 2. The van der Waals surface area contributed by atoms with Crippen LogP contribution in [-0.2, 0) is 10.2 Å². The second-order valence-corrected chi connectivity index (χ2v) is 11.2. The topological polar surface area (TPSA) is 37.3 Å². The van der Waals surface area contributed by atoms with E-state index >= 15 is 0 Å². The van der Waals surface area contributed by atoms with Crippen LogP contribution < -0.4 is 0 Å². The number of benzene rings is 3. The zero-order valence-electron chi connectivity index (χ0n) is 23.2. The van der Waals surface area contributed by atoms with Crippen LogP contribution in [-0.4, -0.2) is 16.3 Å². The maximum absolute atomic E-state index is 10.6. The number of carboxylic acids is 1. The summed E-state index contributed by atoms with van der Waals surface area (Å²) in [5, 5.41) is 8.21. The minimum atomic E-state index is -0.786. The fourth-order valence-electron chi connectivity index (χ4n) is 5.52. The van der Waals surface area contributed by atoms with Crippen molar-refractivity contribution in [1.29, 1.82) is 0 Å². The summed E-state index contributed by atoms with van der Waals surface area (Å²) >= 11 is 4.03. The van der Waals surface area contributed by atoms with Gasteiger partial charge in [-0.05, 0) is 28.7 Å². The van der Waals surface area contributed by atoms with Gasteiger partial charge in [-0.25, -0.2) is 0 Å². The molecule has 0 spiro atoms. The van der Waals surface area contributed by atoms with Crippen molar-refractivity contribution in [1.82, 2.24) is 0 Å². The van der Waals surface area contributed by atoms with Crippen molar-refractivity contribution in [2.24, 2.45) is 0 Å². The van der Waals surface area contributed by atoms with Gasteiger partial charge in [0.1, 0.15) is 0 Å². The molecule has 3 aromatic carbocycles. The molecule has 0 saturated heterocycles. The van der Waals surface area contributed by atoms with E-state index in [1.54, 1.807) is 0 Å². The Labute approximate surface area is 236 Å². The Morgan fingerprint density at radius 3 is 1.39 bits per heavy atom. The van der Waals surface area contributed by atoms with Gasteiger partial charge in [0.25, 0.3) is 0 Å². The van der Waals surface area contributed by atoms with Crippen molar-refractivity contribution < 1.29 is 9.90 Å². The number of hydrogen-bond donors (Lipinski definition) is 2. The molecule has 1 aliphatic carbocycles. The molecule has 0 bridgehead atoms. The highest BCUT2D eigenvalue weighted by atomic mass is 32.1. The Kier molecular flexibility index (Phi) is 13.0. The van der Waals surface area contributed by atoms with E-state index in [1.165, 1.54) is 86.5 Å². The van der Waals surface area contributed by atoms with Gasteiger partial charge < -0.3 is 5.11 Å². The quantitative estimate of drug-likeness (QED) is 0.112. The fraction of sp³-hybridized carbons (Fsp3) is 0.457. The molecular formula is C35H46O2S. The highest BCUT2D eigenvalue weighted by Crippen LogP contribution is 2.58. The fourth-order valence-corrected chi connectivity index (χ4v) is 5.70. The van der Waals surface area contributed by atoms with Crippen LogP contribution in [0.5, 0.6) is 0 Å². The third kappa shape index (κ3) is 8.50. The van der Waals surface area contributed by atoms with Crippen LogP contribution in [0.1, 0.15) is 113 Å². The predicted octanol–water partition coefficient (Wildman–Crippen LogP) is 9.84. The first-order valence-electron chi connectivity index (χ1n) is 14.7. The molecule has 1 atom stereocenters. The Morgan fingerprint density at radius 2 is 1.00 bits per heavy atom. The van der Waals surface area contributed by atoms with Crippen LogP contribution in [0.4, 0.5) is 0 Å². The van der Waals surface area contributed by atoms with Crippen molar-refractivity contribution in [3.63, 3.8) is 0 Å². The van der Waals surface area contributed by atoms with Gasteiger partial charge >= 0.3 is 5.97 Å². The number of fused-ring (bicyclic) bond motifs is 1. The van der Waals surface area contributed by atoms with Crippen LogP contribution >= 0.6 is 12.6 Å². The van der Waals surface area contributed by atoms with Crippen LogP contribution in [0.2, 0.25) is 0 Å². The summed E-state index contributed by atoms with van der Waals surface area (Å²) in [6.45, 7) is 2.26. The minimum Gasteiger partial charge on any atom is -0.480 e. The van der Waals surface area contributed by atoms with E-state index in [1.807, 2.05) is 0 Å². The van der Waals surface area contributed by atoms with Gasteiger partial charge in [0.2, 0.25) is 0 Å². The molecule has 1 aliphatic rings.